The van der Waals surface area contributed by atoms with Crippen LogP contribution in [-0.4, -0.2) is 24.6 Å². The fraction of sp³-hybridized carbons (Fsp3) is 0.176. The SMILES string of the molecule is C[C@@H](Oc1ccc(F)cc1)C(=O)OCC(=O)Nc1ccc(F)c(F)c1. The highest BCUT2D eigenvalue weighted by Gasteiger charge is 2.18. The number of anilines is 1. The van der Waals surface area contributed by atoms with Crippen LogP contribution in [0.5, 0.6) is 5.75 Å². The molecule has 1 amide bonds. The van der Waals surface area contributed by atoms with Crippen molar-refractivity contribution in [2.75, 3.05) is 11.9 Å². The Bertz CT molecular complexity index is 765. The van der Waals surface area contributed by atoms with Crippen LogP contribution < -0.4 is 10.1 Å². The van der Waals surface area contributed by atoms with Crippen molar-refractivity contribution in [3.63, 3.8) is 0 Å². The molecule has 0 unspecified atom stereocenters. The number of carbonyl (C=O) groups excluding carboxylic acids is 2. The van der Waals surface area contributed by atoms with Crippen molar-refractivity contribution >= 4 is 17.6 Å². The van der Waals surface area contributed by atoms with Gasteiger partial charge in [-0.2, -0.15) is 0 Å². The molecule has 5 nitrogen and oxygen atoms in total. The molecule has 0 aliphatic rings. The van der Waals surface area contributed by atoms with Gasteiger partial charge in [0, 0.05) is 11.8 Å². The van der Waals surface area contributed by atoms with E-state index in [1.165, 1.54) is 37.3 Å². The smallest absolute Gasteiger partial charge is 0.347 e. The Morgan fingerprint density at radius 1 is 1.04 bits per heavy atom. The second-order valence-electron chi connectivity index (χ2n) is 5.00. The second-order valence-corrected chi connectivity index (χ2v) is 5.00. The van der Waals surface area contributed by atoms with E-state index in [1.54, 1.807) is 0 Å². The minimum absolute atomic E-state index is 0.0237. The van der Waals surface area contributed by atoms with Gasteiger partial charge in [0.15, 0.2) is 24.3 Å². The minimum Gasteiger partial charge on any atom is -0.479 e. The van der Waals surface area contributed by atoms with Gasteiger partial charge in [-0.05, 0) is 43.3 Å². The van der Waals surface area contributed by atoms with Gasteiger partial charge in [-0.3, -0.25) is 4.79 Å². The van der Waals surface area contributed by atoms with Crippen LogP contribution in [0.25, 0.3) is 0 Å². The molecule has 2 rings (SSSR count). The molecule has 0 aromatic heterocycles. The monoisotopic (exact) mass is 353 g/mol. The Labute approximate surface area is 141 Å². The predicted octanol–water partition coefficient (Wildman–Crippen LogP) is 3.05. The summed E-state index contributed by atoms with van der Waals surface area (Å²) in [5, 5.41) is 2.25. The molecule has 8 heteroatoms. The standard InChI is InChI=1S/C17H14F3NO4/c1-10(25-13-5-2-11(18)3-6-13)17(23)24-9-16(22)21-12-4-7-14(19)15(20)8-12/h2-8,10H,9H2,1H3,(H,21,22)/t10-/m1/s1. The van der Waals surface area contributed by atoms with Gasteiger partial charge in [0.25, 0.3) is 5.91 Å². The molecule has 0 fully saturated rings. The van der Waals surface area contributed by atoms with Gasteiger partial charge in [0.2, 0.25) is 0 Å². The largest absolute Gasteiger partial charge is 0.479 e. The molecule has 132 valence electrons. The molecular weight excluding hydrogens is 339 g/mol. The molecule has 0 aliphatic carbocycles. The number of amides is 1. The molecule has 25 heavy (non-hydrogen) atoms. The molecule has 0 heterocycles. The van der Waals surface area contributed by atoms with Crippen LogP contribution in [0, 0.1) is 17.5 Å². The lowest BCUT2D eigenvalue weighted by Crippen LogP contribution is -2.29. The molecule has 0 bridgehead atoms. The number of halogens is 3. The van der Waals surface area contributed by atoms with Crippen LogP contribution in [0.15, 0.2) is 42.5 Å². The topological polar surface area (TPSA) is 64.6 Å². The molecule has 2 aromatic carbocycles. The first-order valence-corrected chi connectivity index (χ1v) is 7.19. The first-order valence-electron chi connectivity index (χ1n) is 7.19. The maximum atomic E-state index is 13.0. The van der Waals surface area contributed by atoms with Gasteiger partial charge in [-0.1, -0.05) is 0 Å². The summed E-state index contributed by atoms with van der Waals surface area (Å²) in [5.41, 5.74) is 0.0237. The first kappa shape index (κ1) is 18.3. The van der Waals surface area contributed by atoms with E-state index in [9.17, 15) is 22.8 Å². The van der Waals surface area contributed by atoms with E-state index in [0.29, 0.717) is 0 Å². The highest BCUT2D eigenvalue weighted by Crippen LogP contribution is 2.14. The summed E-state index contributed by atoms with van der Waals surface area (Å²) < 4.78 is 48.6. The van der Waals surface area contributed by atoms with Crippen LogP contribution in [0.3, 0.4) is 0 Å². The summed E-state index contributed by atoms with van der Waals surface area (Å²) in [6, 6.07) is 7.85. The third kappa shape index (κ3) is 5.52. The molecule has 0 radical (unpaired) electrons. The van der Waals surface area contributed by atoms with Crippen LogP contribution in [-0.2, 0) is 14.3 Å². The average molecular weight is 353 g/mol. The van der Waals surface area contributed by atoms with Crippen molar-refractivity contribution in [1.29, 1.82) is 0 Å². The van der Waals surface area contributed by atoms with Gasteiger partial charge in [-0.25, -0.2) is 18.0 Å². The molecule has 1 N–H and O–H groups in total. The normalized spacial score (nSPS) is 11.5. The minimum atomic E-state index is -1.11. The Balaban J connectivity index is 1.80. The van der Waals surface area contributed by atoms with Crippen LogP contribution in [0.2, 0.25) is 0 Å². The number of rotatable bonds is 6. The van der Waals surface area contributed by atoms with Gasteiger partial charge in [0.1, 0.15) is 11.6 Å². The van der Waals surface area contributed by atoms with Gasteiger partial charge in [-0.15, -0.1) is 0 Å². The summed E-state index contributed by atoms with van der Waals surface area (Å²) in [6.07, 6.45) is -1.03. The fourth-order valence-corrected chi connectivity index (χ4v) is 1.79. The highest BCUT2D eigenvalue weighted by atomic mass is 19.2. The van der Waals surface area contributed by atoms with Crippen LogP contribution in [0.1, 0.15) is 6.92 Å². The van der Waals surface area contributed by atoms with Crippen LogP contribution >= 0.6 is 0 Å². The number of esters is 1. The van der Waals surface area contributed by atoms with E-state index in [4.69, 9.17) is 9.47 Å². The molecule has 0 spiro atoms. The average Bonchev–Trinajstić information content (AvgIpc) is 2.58. The van der Waals surface area contributed by atoms with Crippen molar-refractivity contribution < 1.29 is 32.2 Å². The number of hydrogen-bond acceptors (Lipinski definition) is 4. The zero-order valence-electron chi connectivity index (χ0n) is 13.1. The third-order valence-corrected chi connectivity index (χ3v) is 3.01. The maximum Gasteiger partial charge on any atom is 0.347 e. The zero-order valence-corrected chi connectivity index (χ0v) is 13.1. The molecule has 0 aliphatic heterocycles. The highest BCUT2D eigenvalue weighted by molar-refractivity contribution is 5.93. The summed E-state index contributed by atoms with van der Waals surface area (Å²) >= 11 is 0. The van der Waals surface area contributed by atoms with Crippen molar-refractivity contribution in [3.05, 3.63) is 59.9 Å². The van der Waals surface area contributed by atoms with E-state index >= 15 is 0 Å². The van der Waals surface area contributed by atoms with Gasteiger partial charge in [0.05, 0.1) is 0 Å². The third-order valence-electron chi connectivity index (χ3n) is 3.01. The molecule has 2 aromatic rings. The number of benzene rings is 2. The predicted molar refractivity (Wildman–Crippen MR) is 82.4 cm³/mol. The zero-order chi connectivity index (χ0) is 18.4. The summed E-state index contributed by atoms with van der Waals surface area (Å²) in [5.74, 6) is -3.89. The van der Waals surface area contributed by atoms with Crippen molar-refractivity contribution in [2.45, 2.75) is 13.0 Å². The molecular formula is C17H14F3NO4. The Kier molecular flexibility index (Phi) is 5.99. The van der Waals surface area contributed by atoms with Crippen molar-refractivity contribution in [2.24, 2.45) is 0 Å². The number of nitrogens with one attached hydrogen (secondary N) is 1. The molecule has 1 atom stereocenters. The first-order chi connectivity index (χ1) is 11.8. The van der Waals surface area contributed by atoms with E-state index in [2.05, 4.69) is 5.32 Å². The molecule has 0 saturated heterocycles. The van der Waals surface area contributed by atoms with Gasteiger partial charge < -0.3 is 14.8 Å². The van der Waals surface area contributed by atoms with E-state index in [-0.39, 0.29) is 11.4 Å². The van der Waals surface area contributed by atoms with Crippen LogP contribution in [0.4, 0.5) is 18.9 Å². The Morgan fingerprint density at radius 2 is 1.72 bits per heavy atom. The van der Waals surface area contributed by atoms with Crippen molar-refractivity contribution in [1.82, 2.24) is 0 Å². The van der Waals surface area contributed by atoms with Crippen molar-refractivity contribution in [3.8, 4) is 5.75 Å². The summed E-state index contributed by atoms with van der Waals surface area (Å²) in [6.45, 7) is 0.772. The lowest BCUT2D eigenvalue weighted by Gasteiger charge is -2.14. The number of ether oxygens (including phenoxy) is 2. The van der Waals surface area contributed by atoms with E-state index < -0.39 is 42.0 Å². The number of carbonyl (C=O) groups is 2. The quantitative estimate of drug-likeness (QED) is 0.811. The summed E-state index contributed by atoms with van der Waals surface area (Å²) in [4.78, 5) is 23.4. The van der Waals surface area contributed by atoms with E-state index in [0.717, 1.165) is 12.1 Å². The second kappa shape index (κ2) is 8.18. The Morgan fingerprint density at radius 3 is 2.36 bits per heavy atom. The molecule has 0 saturated carbocycles. The van der Waals surface area contributed by atoms with E-state index in [1.807, 2.05) is 0 Å². The Hall–Kier alpha value is -3.03. The summed E-state index contributed by atoms with van der Waals surface area (Å²) in [7, 11) is 0. The van der Waals surface area contributed by atoms with Gasteiger partial charge >= 0.3 is 5.97 Å². The lowest BCUT2D eigenvalue weighted by atomic mass is 10.3. The number of hydrogen-bond donors (Lipinski definition) is 1. The fourth-order valence-electron chi connectivity index (χ4n) is 1.79. The lowest BCUT2D eigenvalue weighted by molar-refractivity contribution is -0.153. The maximum absolute atomic E-state index is 13.0.